The largest absolute Gasteiger partial charge is 0.143 e. The Morgan fingerprint density at radius 3 is 1.87 bits per heavy atom. The Bertz CT molecular complexity index is 1040. The van der Waals surface area contributed by atoms with Gasteiger partial charge in [0, 0.05) is 20.0 Å². The van der Waals surface area contributed by atoms with Crippen LogP contribution in [0.1, 0.15) is 76.3 Å². The average Bonchev–Trinajstić information content (AvgIpc) is 3.52. The quantitative estimate of drug-likeness (QED) is 0.180. The Balaban J connectivity index is 1.67. The molecular formula is C26H32S4. The molecule has 160 valence electrons. The van der Waals surface area contributed by atoms with E-state index < -0.39 is 0 Å². The summed E-state index contributed by atoms with van der Waals surface area (Å²) in [5, 5.41) is 6.89. The molecule has 0 aliphatic rings. The van der Waals surface area contributed by atoms with Crippen molar-refractivity contribution < 1.29 is 0 Å². The summed E-state index contributed by atoms with van der Waals surface area (Å²) in [5.41, 5.74) is 4.65. The van der Waals surface area contributed by atoms with Crippen LogP contribution >= 0.6 is 45.3 Å². The Morgan fingerprint density at radius 2 is 1.20 bits per heavy atom. The Morgan fingerprint density at radius 1 is 0.600 bits per heavy atom. The molecule has 0 amide bonds. The summed E-state index contributed by atoms with van der Waals surface area (Å²) in [4.78, 5) is 4.58. The molecule has 0 bridgehead atoms. The van der Waals surface area contributed by atoms with Gasteiger partial charge in [-0.05, 0) is 71.1 Å². The molecule has 0 unspecified atom stereocenters. The van der Waals surface area contributed by atoms with Crippen LogP contribution in [0.4, 0.5) is 0 Å². The maximum absolute atomic E-state index is 2.38. The summed E-state index contributed by atoms with van der Waals surface area (Å²) in [6.07, 6.45) is 13.1. The van der Waals surface area contributed by atoms with E-state index in [0.717, 1.165) is 0 Å². The van der Waals surface area contributed by atoms with Crippen molar-refractivity contribution in [3.8, 4) is 20.2 Å². The van der Waals surface area contributed by atoms with Gasteiger partial charge in [-0.2, -0.15) is 0 Å². The zero-order valence-electron chi connectivity index (χ0n) is 18.2. The molecule has 0 atom stereocenters. The number of aryl methyl sites for hydroxylation is 2. The summed E-state index contributed by atoms with van der Waals surface area (Å²) < 4.78 is 2.96. The lowest BCUT2D eigenvalue weighted by atomic mass is 10.0. The molecule has 0 saturated carbocycles. The summed E-state index contributed by atoms with van der Waals surface area (Å²) in [5.74, 6) is 0. The summed E-state index contributed by atoms with van der Waals surface area (Å²) in [6.45, 7) is 4.59. The highest BCUT2D eigenvalue weighted by atomic mass is 32.1. The molecule has 4 heterocycles. The van der Waals surface area contributed by atoms with Gasteiger partial charge >= 0.3 is 0 Å². The van der Waals surface area contributed by atoms with Crippen molar-refractivity contribution in [3.05, 3.63) is 45.5 Å². The van der Waals surface area contributed by atoms with Gasteiger partial charge in [-0.15, -0.1) is 45.3 Å². The van der Waals surface area contributed by atoms with Crippen molar-refractivity contribution in [3.63, 3.8) is 0 Å². The predicted molar refractivity (Wildman–Crippen MR) is 142 cm³/mol. The van der Waals surface area contributed by atoms with Crippen LogP contribution in [-0.4, -0.2) is 0 Å². The molecule has 0 spiro atoms. The van der Waals surface area contributed by atoms with E-state index in [9.17, 15) is 0 Å². The second kappa shape index (κ2) is 11.1. The highest BCUT2D eigenvalue weighted by Crippen LogP contribution is 2.51. The van der Waals surface area contributed by atoms with Crippen molar-refractivity contribution in [1.29, 1.82) is 0 Å². The maximum Gasteiger partial charge on any atom is 0.0553 e. The van der Waals surface area contributed by atoms with E-state index in [2.05, 4.69) is 48.2 Å². The number of unbranched alkanes of at least 4 members (excludes halogenated alkanes) is 6. The van der Waals surface area contributed by atoms with Gasteiger partial charge in [0.15, 0.2) is 0 Å². The third-order valence-electron chi connectivity index (χ3n) is 5.82. The van der Waals surface area contributed by atoms with Crippen LogP contribution in [0, 0.1) is 0 Å². The maximum atomic E-state index is 2.38. The summed E-state index contributed by atoms with van der Waals surface area (Å²) in [6, 6.07) is 7.08. The minimum Gasteiger partial charge on any atom is -0.143 e. The van der Waals surface area contributed by atoms with Gasteiger partial charge in [-0.1, -0.05) is 52.4 Å². The number of thiophene rings is 4. The lowest BCUT2D eigenvalue weighted by Gasteiger charge is -2.08. The first-order valence-electron chi connectivity index (χ1n) is 11.5. The van der Waals surface area contributed by atoms with Crippen molar-refractivity contribution in [2.24, 2.45) is 0 Å². The van der Waals surface area contributed by atoms with E-state index in [1.165, 1.54) is 93.8 Å². The molecule has 0 aliphatic carbocycles. The van der Waals surface area contributed by atoms with E-state index in [1.54, 1.807) is 11.1 Å². The second-order valence-corrected chi connectivity index (χ2v) is 11.9. The molecule has 30 heavy (non-hydrogen) atoms. The molecule has 0 nitrogen and oxygen atoms in total. The third kappa shape index (κ3) is 4.93. The van der Waals surface area contributed by atoms with Crippen LogP contribution in [0.2, 0.25) is 0 Å². The molecule has 0 radical (unpaired) electrons. The topological polar surface area (TPSA) is 0 Å². The molecule has 0 aliphatic heterocycles. The molecule has 0 N–H and O–H groups in total. The molecule has 4 heteroatoms. The Kier molecular flexibility index (Phi) is 8.22. The number of rotatable bonds is 12. The average molecular weight is 473 g/mol. The highest BCUT2D eigenvalue weighted by molar-refractivity contribution is 7.32. The van der Waals surface area contributed by atoms with Crippen molar-refractivity contribution in [2.75, 3.05) is 0 Å². The first kappa shape index (κ1) is 22.3. The van der Waals surface area contributed by atoms with Gasteiger partial charge in [0.05, 0.1) is 9.58 Å². The van der Waals surface area contributed by atoms with Gasteiger partial charge in [0.2, 0.25) is 0 Å². The normalized spacial score (nSPS) is 11.7. The summed E-state index contributed by atoms with van der Waals surface area (Å²) >= 11 is 7.83. The summed E-state index contributed by atoms with van der Waals surface area (Å²) in [7, 11) is 0. The van der Waals surface area contributed by atoms with Crippen LogP contribution in [0.3, 0.4) is 0 Å². The lowest BCUT2D eigenvalue weighted by molar-refractivity contribution is 0.668. The number of hydrogen-bond acceptors (Lipinski definition) is 4. The molecular weight excluding hydrogens is 441 g/mol. The third-order valence-corrected chi connectivity index (χ3v) is 10.1. The minimum atomic E-state index is 1.22. The van der Waals surface area contributed by atoms with Gasteiger partial charge in [0.1, 0.15) is 0 Å². The van der Waals surface area contributed by atoms with E-state index >= 15 is 0 Å². The molecule has 0 fully saturated rings. The first-order chi connectivity index (χ1) is 14.8. The predicted octanol–water partition coefficient (Wildman–Crippen LogP) is 10.7. The van der Waals surface area contributed by atoms with Gasteiger partial charge in [-0.3, -0.25) is 0 Å². The Hall–Kier alpha value is -0.940. The van der Waals surface area contributed by atoms with Gasteiger partial charge in [0.25, 0.3) is 0 Å². The van der Waals surface area contributed by atoms with Crippen LogP contribution in [-0.2, 0) is 12.8 Å². The lowest BCUT2D eigenvalue weighted by Crippen LogP contribution is -1.88. The van der Waals surface area contributed by atoms with Crippen molar-refractivity contribution >= 4 is 54.7 Å². The van der Waals surface area contributed by atoms with Crippen molar-refractivity contribution in [2.45, 2.75) is 78.1 Å². The standard InChI is InChI=1S/C26H32S4/c1-3-5-7-9-11-19-13-16-27-23(19)22-25-21(15-18-29-25)30-26(22)24-20(14-17-28-24)12-10-8-6-4-2/h13-18H,3-12H2,1-2H3. The van der Waals surface area contributed by atoms with Crippen LogP contribution in [0.5, 0.6) is 0 Å². The van der Waals surface area contributed by atoms with Crippen LogP contribution in [0.25, 0.3) is 29.6 Å². The SMILES string of the molecule is CCCCCCc1ccsc1-c1sc2ccsc2c1-c1sccc1CCCCCC. The molecule has 4 aromatic rings. The smallest absolute Gasteiger partial charge is 0.0553 e. The van der Waals surface area contributed by atoms with E-state index in [4.69, 9.17) is 0 Å². The molecule has 4 aromatic heterocycles. The van der Waals surface area contributed by atoms with E-state index in [0.29, 0.717) is 0 Å². The fourth-order valence-electron chi connectivity index (χ4n) is 4.16. The minimum absolute atomic E-state index is 1.22. The monoisotopic (exact) mass is 472 g/mol. The van der Waals surface area contributed by atoms with E-state index in [1.807, 2.05) is 45.3 Å². The zero-order chi connectivity index (χ0) is 20.8. The molecule has 4 rings (SSSR count). The first-order valence-corrected chi connectivity index (χ1v) is 14.9. The molecule has 0 saturated heterocycles. The fourth-order valence-corrected chi connectivity index (χ4v) is 8.82. The molecule has 0 aromatic carbocycles. The zero-order valence-corrected chi connectivity index (χ0v) is 21.4. The van der Waals surface area contributed by atoms with Crippen LogP contribution < -0.4 is 0 Å². The second-order valence-electron chi connectivity index (χ2n) is 8.09. The number of fused-ring (bicyclic) bond motifs is 1. The van der Waals surface area contributed by atoms with Crippen LogP contribution in [0.15, 0.2) is 34.3 Å². The van der Waals surface area contributed by atoms with Crippen molar-refractivity contribution in [1.82, 2.24) is 0 Å². The fraction of sp³-hybridized carbons (Fsp3) is 0.462. The number of hydrogen-bond donors (Lipinski definition) is 0. The van der Waals surface area contributed by atoms with E-state index in [-0.39, 0.29) is 0 Å². The van der Waals surface area contributed by atoms with Gasteiger partial charge in [-0.25, -0.2) is 0 Å². The highest BCUT2D eigenvalue weighted by Gasteiger charge is 2.22. The van der Waals surface area contributed by atoms with Gasteiger partial charge < -0.3 is 0 Å². The Labute approximate surface area is 197 Å².